The smallest absolute Gasteiger partial charge is 1.00 e. The molecule has 0 spiro atoms. The van der Waals surface area contributed by atoms with Gasteiger partial charge in [-0.15, -0.1) is 0 Å². The molecule has 0 aliphatic rings. The summed E-state index contributed by atoms with van der Waals surface area (Å²) in [5.41, 5.74) is 4.52. The van der Waals surface area contributed by atoms with E-state index in [1.165, 1.54) is 41.8 Å². The molecule has 58 heavy (non-hydrogen) atoms. The zero-order chi connectivity index (χ0) is 39.1. The van der Waals surface area contributed by atoms with Crippen molar-refractivity contribution in [2.24, 2.45) is 0 Å². The zero-order valence-corrected chi connectivity index (χ0v) is 38.5. The van der Waals surface area contributed by atoms with Gasteiger partial charge in [0.15, 0.2) is 0 Å². The number of furan rings is 2. The summed E-state index contributed by atoms with van der Waals surface area (Å²) in [5, 5.41) is 37.9. The van der Waals surface area contributed by atoms with E-state index in [1.54, 1.807) is 30.3 Å². The molecule has 0 bridgehead atoms. The quantitative estimate of drug-likeness (QED) is 0.0920. The fraction of sp³-hybridized carbons (Fsp3) is 0. The second kappa shape index (κ2) is 18.9. The number of carbonyl (C=O) groups is 1. The summed E-state index contributed by atoms with van der Waals surface area (Å²) >= 11 is 11.9. The van der Waals surface area contributed by atoms with E-state index in [-0.39, 0.29) is 144 Å². The number of aromatic hydroxyl groups is 2. The third-order valence-corrected chi connectivity index (χ3v) is 9.85. The van der Waals surface area contributed by atoms with E-state index < -0.39 is 11.6 Å². The minimum atomic E-state index is -0.565. The molecule has 0 fully saturated rings. The normalized spacial score (nSPS) is 10.8. The van der Waals surface area contributed by atoms with Crippen molar-refractivity contribution in [1.82, 2.24) is 0 Å². The number of hydrogen-bond acceptors (Lipinski definition) is 7. The van der Waals surface area contributed by atoms with Crippen LogP contribution < -0.4 is 108 Å². The van der Waals surface area contributed by atoms with Crippen molar-refractivity contribution in [2.75, 3.05) is 0 Å². The van der Waals surface area contributed by atoms with E-state index >= 15 is 0 Å². The van der Waals surface area contributed by atoms with Crippen LogP contribution in [0.5, 0.6) is 11.5 Å². The number of halogens is 4. The van der Waals surface area contributed by atoms with Gasteiger partial charge in [0, 0.05) is 59.9 Å². The second-order valence-electron chi connectivity index (χ2n) is 12.8. The van der Waals surface area contributed by atoms with Crippen molar-refractivity contribution in [3.63, 3.8) is 0 Å². The molecule has 2 N–H and O–H groups in total. The van der Waals surface area contributed by atoms with Crippen molar-refractivity contribution in [3.05, 3.63) is 155 Å². The first-order chi connectivity index (χ1) is 27.1. The van der Waals surface area contributed by atoms with Crippen molar-refractivity contribution < 1.29 is 147 Å². The van der Waals surface area contributed by atoms with Crippen LogP contribution in [0.15, 0.2) is 142 Å². The molecule has 0 saturated carbocycles. The summed E-state index contributed by atoms with van der Waals surface area (Å²) < 4.78 is 40.4. The fourth-order valence-corrected chi connectivity index (χ4v) is 7.18. The van der Waals surface area contributed by atoms with Gasteiger partial charge >= 0.3 is 103 Å². The first kappa shape index (κ1) is 44.2. The van der Waals surface area contributed by atoms with Crippen LogP contribution in [0.4, 0.5) is 8.78 Å². The van der Waals surface area contributed by atoms with Crippen LogP contribution in [0.25, 0.3) is 87.7 Å². The number of rotatable bonds is 3. The molecule has 0 aliphatic carbocycles. The minimum Gasteiger partial charge on any atom is -1.00 e. The van der Waals surface area contributed by atoms with Crippen molar-refractivity contribution in [2.45, 2.75) is 0 Å². The predicted octanol–water partition coefficient (Wildman–Crippen LogP) is 6.36. The van der Waals surface area contributed by atoms with Crippen molar-refractivity contribution >= 4 is 95.1 Å². The van der Waals surface area contributed by atoms with Gasteiger partial charge in [0.2, 0.25) is 0 Å². The van der Waals surface area contributed by atoms with E-state index in [1.807, 2.05) is 36.4 Å². The molecule has 0 radical (unpaired) electrons. The van der Waals surface area contributed by atoms with Gasteiger partial charge in [-0.05, 0) is 113 Å². The fourth-order valence-electron chi connectivity index (χ4n) is 6.86. The largest absolute Gasteiger partial charge is 1.00 e. The Morgan fingerprint density at radius 1 is 0.517 bits per heavy atom. The van der Waals surface area contributed by atoms with Crippen LogP contribution >= 0.6 is 23.2 Å². The summed E-state index contributed by atoms with van der Waals surface area (Å²) in [5.74, 6) is -1.28. The maximum atomic E-state index is 14.3. The van der Waals surface area contributed by atoms with E-state index in [2.05, 4.69) is 35.2 Å². The minimum absolute atomic E-state index is 0. The summed E-state index contributed by atoms with van der Waals surface area (Å²) in [6.45, 7) is -0.181. The maximum absolute atomic E-state index is 14.3. The molecule has 10 rings (SSSR count). The molecular formula is C45H26Cl2F2K2O7. The molecule has 7 nitrogen and oxygen atoms in total. The Morgan fingerprint density at radius 3 is 1.60 bits per heavy atom. The van der Waals surface area contributed by atoms with E-state index in [4.69, 9.17) is 42.1 Å². The number of fused-ring (bicyclic) bond motifs is 8. The van der Waals surface area contributed by atoms with Gasteiger partial charge in [-0.25, -0.2) is 8.78 Å². The van der Waals surface area contributed by atoms with Crippen molar-refractivity contribution in [1.29, 1.82) is 0 Å². The van der Waals surface area contributed by atoms with Gasteiger partial charge in [0.1, 0.15) is 45.5 Å². The van der Waals surface area contributed by atoms with E-state index in [0.717, 1.165) is 49.3 Å². The molecule has 0 atom stereocenters. The van der Waals surface area contributed by atoms with E-state index in [0.29, 0.717) is 21.4 Å². The second-order valence-corrected chi connectivity index (χ2v) is 13.6. The third-order valence-electron chi connectivity index (χ3n) is 9.38. The Morgan fingerprint density at radius 2 is 0.983 bits per heavy atom. The predicted molar refractivity (Wildman–Crippen MR) is 215 cm³/mol. The molecule has 8 aromatic carbocycles. The average Bonchev–Trinajstić information content (AvgIpc) is 3.73. The molecular weight excluding hydrogens is 840 g/mol. The molecule has 10 aromatic rings. The van der Waals surface area contributed by atoms with Gasteiger partial charge in [-0.1, -0.05) is 59.6 Å². The zero-order valence-electron chi connectivity index (χ0n) is 31.7. The molecule has 0 amide bonds. The molecule has 278 valence electrons. The van der Waals surface area contributed by atoms with Crippen molar-refractivity contribution in [3.8, 4) is 33.8 Å². The molecule has 0 saturated heterocycles. The summed E-state index contributed by atoms with van der Waals surface area (Å²) in [4.78, 5) is 11.2. The van der Waals surface area contributed by atoms with Crippen LogP contribution in [-0.2, 0) is 9.68 Å². The topological polar surface area (TPSA) is 116 Å². The van der Waals surface area contributed by atoms with E-state index in [9.17, 15) is 19.0 Å². The van der Waals surface area contributed by atoms with Crippen LogP contribution in [0.2, 0.25) is 10.0 Å². The summed E-state index contributed by atoms with van der Waals surface area (Å²) in [7, 11) is 0. The molecule has 2 aromatic heterocycles. The number of carbonyl (C=O) groups excluding carboxylic acids is 1. The van der Waals surface area contributed by atoms with Gasteiger partial charge < -0.3 is 30.6 Å². The number of benzene rings is 8. The number of phenolic OH excluding ortho intramolecular Hbond substituents is 2. The standard InChI is InChI=1S/C22H13ClF2O2.C22H11ClO2.CH2O3.2K.H/c23-14-5-6-16(20(25)11-14)18-8-12-7-17(15-3-1-2-4-19(15)24)21(26)9-13(12)10-22(18)27;23-14-5-6-16-18-8-12-7-17-15-3-1-2-4-19(15)24-20(17)9-13(12)10-21(18)25-22(16)11-14;2-1-4-3;;;/h1-11,26-27H;1-11H;1,3H;;;/q;;;2*+1;-1/p-1. The SMILES string of the molecule is Clc1ccc2c(c1)oc1cc3cc4oc5ccccc5c4cc3cc12.O=CO[O-].Oc1cc2cc(O)c(-c3ccc(Cl)cc3F)cc2cc1-c1ccccc1F.[H-].[K+].[K+]. The van der Waals surface area contributed by atoms with Crippen LogP contribution in [-0.4, -0.2) is 16.7 Å². The number of phenols is 2. The molecule has 2 heterocycles. The molecule has 13 heteroatoms. The Balaban J connectivity index is 0.000000197. The third kappa shape index (κ3) is 8.89. The Bertz CT molecular complexity index is 3160. The average molecular weight is 866 g/mol. The van der Waals surface area contributed by atoms with Crippen LogP contribution in [0.1, 0.15) is 1.43 Å². The first-order valence-electron chi connectivity index (χ1n) is 16.9. The monoisotopic (exact) mass is 864 g/mol. The first-order valence-corrected chi connectivity index (χ1v) is 17.7. The summed E-state index contributed by atoms with van der Waals surface area (Å²) in [6, 6.07) is 38.8. The van der Waals surface area contributed by atoms with Gasteiger partial charge in [-0.2, -0.15) is 0 Å². The van der Waals surface area contributed by atoms with Gasteiger partial charge in [0.25, 0.3) is 6.47 Å². The number of para-hydroxylation sites is 1. The molecule has 0 aliphatic heterocycles. The van der Waals surface area contributed by atoms with Gasteiger partial charge in [0.05, 0.1) is 0 Å². The molecule has 0 unspecified atom stereocenters. The number of hydrogen-bond donors (Lipinski definition) is 2. The Kier molecular flexibility index (Phi) is 14.4. The Labute approximate surface area is 425 Å². The van der Waals surface area contributed by atoms with Gasteiger partial charge in [-0.3, -0.25) is 4.79 Å². The maximum Gasteiger partial charge on any atom is 1.00 e. The summed E-state index contributed by atoms with van der Waals surface area (Å²) in [6.07, 6.45) is 0. The Hall–Kier alpha value is -3.38. The van der Waals surface area contributed by atoms with Crippen LogP contribution in [0.3, 0.4) is 0 Å². The van der Waals surface area contributed by atoms with Crippen LogP contribution in [0, 0.1) is 11.6 Å².